The fourth-order valence-electron chi connectivity index (χ4n) is 18.0. The highest BCUT2D eigenvalue weighted by atomic mass is 79.9. The Labute approximate surface area is 889 Å². The van der Waals surface area contributed by atoms with Gasteiger partial charge in [0.1, 0.15) is 55.2 Å². The summed E-state index contributed by atoms with van der Waals surface area (Å²) >= 11 is 28.8. The highest BCUT2D eigenvalue weighted by molar-refractivity contribution is 9.11. The molecule has 0 aliphatic carbocycles. The number of aromatic nitrogens is 14. The average Bonchev–Trinajstić information content (AvgIpc) is 1.71. The lowest BCUT2D eigenvalue weighted by molar-refractivity contribution is 0.00578. The molecule has 0 saturated carbocycles. The Morgan fingerprint density at radius 1 is 0.282 bits per heavy atom. The number of pyridine rings is 2. The summed E-state index contributed by atoms with van der Waals surface area (Å²) in [5.74, 6) is -0.209. The van der Waals surface area contributed by atoms with Crippen LogP contribution in [0.4, 0.5) is 11.4 Å². The van der Waals surface area contributed by atoms with E-state index in [4.69, 9.17) is 83.0 Å². The fourth-order valence-corrected chi connectivity index (χ4v) is 19.7. The molecule has 1 saturated heterocycles. The predicted octanol–water partition coefficient (Wildman–Crippen LogP) is 31.1. The standard InChI is InChI=1S/C31H26BN3O3.C25H16ClN3O2.C25H14ClN3O.C18H12ClN3O.C12H7BrN2O.C6H2Br2N2O/c1-30(2)31(3,4)37-32(36-30)21-15-16-25-23(17-21)26-24(27(33-25)20-13-9-6-10-14-20)18-22(19-11-7-5-8-12-19)28-29(26)35-38-34-28;26-18-11-14-22(27-25(30)17-9-5-2-6-10-17)21(15-18)20-13-12-19(16-7-3-1-4-8-16)23-24(20)29-31-28-23;26-17-11-12-21-19(13-17)22-20(23(27-21)16-9-5-2-6-10-16)14-18(15-7-3-1-4-8-15)24-25(22)29-30-28-24;19-12-6-9-16(20)15(10-12)14-8-7-13(11-4-2-1-3-5-11)17-18(14)22-23-21-17;13-10-7-6-9(8-4-2-1-3-5-8)11-12(10)15-16-14-11;7-3-1-2-4(8)6-5(3)9-11-10-6/h5-18H,1-4H3;1-15H,(H,27,30);1-14H;1-10H,20H2;1-7H;1-2H. The number of rotatable bonds is 12. The molecule has 8 aromatic heterocycles. The van der Waals surface area contributed by atoms with Gasteiger partial charge in [0, 0.05) is 139 Å². The summed E-state index contributed by atoms with van der Waals surface area (Å²) in [5.41, 5.74) is 35.2. The van der Waals surface area contributed by atoms with Gasteiger partial charge in [0.2, 0.25) is 0 Å². The van der Waals surface area contributed by atoms with E-state index in [1.54, 1.807) is 42.5 Å². The maximum absolute atomic E-state index is 12.7. The molecule has 1 aliphatic heterocycles. The van der Waals surface area contributed by atoms with E-state index in [2.05, 4.69) is 214 Å². The number of fused-ring (bicyclic) bond motifs is 14. The number of nitrogens with zero attached hydrogens (tertiary/aromatic N) is 14. The molecule has 25 nitrogen and oxygen atoms in total. The van der Waals surface area contributed by atoms with E-state index in [0.29, 0.717) is 65.1 Å². The summed E-state index contributed by atoms with van der Waals surface area (Å²) in [6, 6.07) is 122. The van der Waals surface area contributed by atoms with Crippen LogP contribution >= 0.6 is 82.6 Å². The van der Waals surface area contributed by atoms with Gasteiger partial charge < -0.3 is 20.4 Å². The van der Waals surface area contributed by atoms with Crippen LogP contribution in [0.2, 0.25) is 15.1 Å². The molecule has 1 fully saturated rings. The second kappa shape index (κ2) is 42.0. The largest absolute Gasteiger partial charge is 0.494 e. The minimum atomic E-state index is -0.484. The van der Waals surface area contributed by atoms with E-state index in [-0.39, 0.29) is 5.91 Å². The van der Waals surface area contributed by atoms with Crippen molar-refractivity contribution in [2.75, 3.05) is 11.1 Å². The van der Waals surface area contributed by atoms with Crippen LogP contribution in [0, 0.1) is 0 Å². The van der Waals surface area contributed by atoms with Crippen molar-refractivity contribution in [3.05, 3.63) is 410 Å². The van der Waals surface area contributed by atoms with Crippen molar-refractivity contribution in [3.63, 3.8) is 0 Å². The van der Waals surface area contributed by atoms with Gasteiger partial charge in [-0.3, -0.25) is 4.79 Å². The number of anilines is 2. The lowest BCUT2D eigenvalue weighted by atomic mass is 9.78. The molecule has 1 amide bonds. The van der Waals surface area contributed by atoms with E-state index >= 15 is 0 Å². The van der Waals surface area contributed by atoms with Crippen LogP contribution in [0.15, 0.2) is 417 Å². The first-order chi connectivity index (χ1) is 72.7. The van der Waals surface area contributed by atoms with Crippen molar-refractivity contribution >= 4 is 222 Å². The third kappa shape index (κ3) is 19.6. The van der Waals surface area contributed by atoms with Crippen molar-refractivity contribution in [2.45, 2.75) is 38.9 Å². The quantitative estimate of drug-likeness (QED) is 0.0652. The Bertz CT molecular complexity index is 9440. The van der Waals surface area contributed by atoms with E-state index < -0.39 is 18.3 Å². The Hall–Kier alpha value is -16.7. The zero-order chi connectivity index (χ0) is 102. The summed E-state index contributed by atoms with van der Waals surface area (Å²) in [6.45, 7) is 8.25. The van der Waals surface area contributed by atoms with Crippen LogP contribution < -0.4 is 16.5 Å². The summed E-state index contributed by atoms with van der Waals surface area (Å²) in [4.78, 5) is 22.9. The topological polar surface area (TPSA) is 333 Å². The van der Waals surface area contributed by atoms with Crippen molar-refractivity contribution in [1.82, 2.24) is 71.8 Å². The minimum absolute atomic E-state index is 0.209. The SMILES string of the molecule is Brc1ccc(-c2ccccc2)c2nonc12.Brc1ccc(Br)c2nonc12.CC1(C)OB(c2ccc3nc(-c4ccccc4)c4cc(-c5ccccc5)c5nonc5c4c3c2)OC1(C)C.Clc1ccc2nc(-c3ccccc3)c3cc(-c4ccccc4)c4nonc4c3c2c1.Nc1ccc(Cl)cc1-c1ccc(-c2ccccc2)c2nonc12.O=C(Nc1ccc(Cl)cc1-c1ccc(-c2ccccc2)c2nonc12)c1ccccc1. The highest BCUT2D eigenvalue weighted by Gasteiger charge is 2.52. The summed E-state index contributed by atoms with van der Waals surface area (Å²) in [6.07, 6.45) is 0. The van der Waals surface area contributed by atoms with Gasteiger partial charge in [-0.2, -0.15) is 0 Å². The molecule has 149 heavy (non-hydrogen) atoms. The summed E-state index contributed by atoms with van der Waals surface area (Å²) in [7, 11) is -0.484. The van der Waals surface area contributed by atoms with Gasteiger partial charge in [0.25, 0.3) is 5.91 Å². The molecule has 0 spiro atoms. The molecule has 26 aromatic rings. The van der Waals surface area contributed by atoms with E-state index in [0.717, 1.165) is 196 Å². The van der Waals surface area contributed by atoms with E-state index in [1.165, 1.54) is 0 Å². The number of amides is 1. The third-order valence-corrected chi connectivity index (χ3v) is 28.6. The van der Waals surface area contributed by atoms with Gasteiger partial charge in [-0.05, 0) is 274 Å². The average molecular weight is 2210 g/mol. The number of hydrogen-bond acceptors (Lipinski definition) is 24. The zero-order valence-electron chi connectivity index (χ0n) is 79.2. The number of benzene rings is 18. The first-order valence-electron chi connectivity index (χ1n) is 46.8. The van der Waals surface area contributed by atoms with Crippen molar-refractivity contribution in [1.29, 1.82) is 0 Å². The number of halogens is 6. The van der Waals surface area contributed by atoms with Gasteiger partial charge in [-0.1, -0.05) is 308 Å². The maximum atomic E-state index is 12.7. The smallest absolute Gasteiger partial charge is 0.399 e. The number of nitrogens with one attached hydrogen (secondary N) is 1. The summed E-state index contributed by atoms with van der Waals surface area (Å²) < 4.78 is 45.4. The Kier molecular flexibility index (Phi) is 27.4. The van der Waals surface area contributed by atoms with Crippen LogP contribution in [0.1, 0.15) is 38.1 Å². The zero-order valence-corrected chi connectivity index (χ0v) is 86.2. The predicted molar refractivity (Wildman–Crippen MR) is 598 cm³/mol. The fraction of sp³-hybridized carbons (Fsp3) is 0.0513. The lowest BCUT2D eigenvalue weighted by Gasteiger charge is -2.32. The first-order valence-corrected chi connectivity index (χ1v) is 50.4. The van der Waals surface area contributed by atoms with Gasteiger partial charge in [0.15, 0.2) is 11.0 Å². The van der Waals surface area contributed by atoms with Crippen LogP contribution in [-0.4, -0.2) is 96.1 Å². The van der Waals surface area contributed by atoms with Crippen LogP contribution in [0.5, 0.6) is 0 Å². The van der Waals surface area contributed by atoms with E-state index in [9.17, 15) is 4.79 Å². The normalized spacial score (nSPS) is 12.5. The number of hydrogen-bond donors (Lipinski definition) is 2. The molecule has 1 aliphatic rings. The Balaban J connectivity index is 0.000000105. The Morgan fingerprint density at radius 2 is 0.577 bits per heavy atom. The maximum Gasteiger partial charge on any atom is 0.494 e. The molecule has 9 heterocycles. The lowest BCUT2D eigenvalue weighted by Crippen LogP contribution is -2.41. The third-order valence-electron chi connectivity index (χ3n) is 26.0. The second-order valence-electron chi connectivity index (χ2n) is 35.7. The number of nitrogen functional groups attached to an aromatic ring is 1. The molecular weight excluding hydrogens is 2130 g/mol. The van der Waals surface area contributed by atoms with Crippen molar-refractivity contribution < 1.29 is 41.9 Å². The number of carbonyl (C=O) groups excluding carboxylic acids is 1. The second-order valence-corrected chi connectivity index (χ2v) is 39.5. The van der Waals surface area contributed by atoms with Gasteiger partial charge in [-0.25, -0.2) is 37.7 Å². The molecule has 32 heteroatoms. The Morgan fingerprint density at radius 3 is 1.00 bits per heavy atom. The molecular formula is C117H77BBr3Cl3N16O9. The molecule has 3 N–H and O–H groups in total. The molecule has 0 atom stereocenters. The highest BCUT2D eigenvalue weighted by Crippen LogP contribution is 2.47. The van der Waals surface area contributed by atoms with Gasteiger partial charge >= 0.3 is 7.12 Å². The molecule has 0 unspecified atom stereocenters. The molecule has 27 rings (SSSR count). The van der Waals surface area contributed by atoms with Crippen LogP contribution in [0.3, 0.4) is 0 Å². The van der Waals surface area contributed by atoms with Crippen LogP contribution in [0.25, 0.3) is 210 Å². The number of carbonyl (C=O) groups is 1. The molecule has 0 radical (unpaired) electrons. The monoisotopic (exact) mass is 2200 g/mol. The molecule has 0 bridgehead atoms. The van der Waals surface area contributed by atoms with Crippen molar-refractivity contribution in [3.8, 4) is 100 Å². The van der Waals surface area contributed by atoms with Gasteiger partial charge in [-0.15, -0.1) is 0 Å². The van der Waals surface area contributed by atoms with Gasteiger partial charge in [0.05, 0.1) is 33.6 Å². The van der Waals surface area contributed by atoms with Crippen molar-refractivity contribution in [2.24, 2.45) is 0 Å². The minimum Gasteiger partial charge on any atom is -0.399 e. The summed E-state index contributed by atoms with van der Waals surface area (Å²) in [5, 5.41) is 59.5. The van der Waals surface area contributed by atoms with Crippen LogP contribution in [-0.2, 0) is 9.31 Å². The number of nitrogens with two attached hydrogens (primary N) is 1. The molecule has 724 valence electrons. The first kappa shape index (κ1) is 97.0. The molecule has 18 aromatic carbocycles. The van der Waals surface area contributed by atoms with E-state index in [1.807, 2.05) is 267 Å².